The molecule has 0 aliphatic heterocycles. The smallest absolute Gasteiger partial charge is 0.156 e. The van der Waals surface area contributed by atoms with Gasteiger partial charge < -0.3 is 4.74 Å². The van der Waals surface area contributed by atoms with Crippen molar-refractivity contribution in [2.45, 2.75) is 45.5 Å². The lowest BCUT2D eigenvalue weighted by molar-refractivity contribution is 0.244. The van der Waals surface area contributed by atoms with Gasteiger partial charge in [-0.1, -0.05) is 61.3 Å². The normalized spacial score (nSPS) is 10.6. The number of hydrogen-bond acceptors (Lipinski definition) is 1. The maximum absolute atomic E-state index is 5.84. The number of aryl methyl sites for hydroxylation is 1. The zero-order chi connectivity index (χ0) is 14.9. The summed E-state index contributed by atoms with van der Waals surface area (Å²) in [5, 5.41) is 0. The van der Waals surface area contributed by atoms with Crippen molar-refractivity contribution in [3.05, 3.63) is 60.2 Å². The number of rotatable bonds is 8. The third-order valence-electron chi connectivity index (χ3n) is 3.41. The van der Waals surface area contributed by atoms with Crippen LogP contribution in [0.25, 0.3) is 0 Å². The third-order valence-corrected chi connectivity index (χ3v) is 3.41. The van der Waals surface area contributed by atoms with Crippen LogP contribution in [0.4, 0.5) is 0 Å². The fourth-order valence-corrected chi connectivity index (χ4v) is 2.39. The molecule has 0 unspecified atom stereocenters. The molecule has 0 amide bonds. The monoisotopic (exact) mass is 279 g/mol. The van der Waals surface area contributed by atoms with Crippen molar-refractivity contribution in [2.24, 2.45) is 0 Å². The molecule has 0 atom stereocenters. The summed E-state index contributed by atoms with van der Waals surface area (Å²) in [4.78, 5) is 0. The molecule has 0 saturated carbocycles. The van der Waals surface area contributed by atoms with Crippen LogP contribution in [0, 0.1) is 0 Å². The molecule has 0 N–H and O–H groups in total. The van der Waals surface area contributed by atoms with Crippen molar-refractivity contribution in [3.63, 3.8) is 0 Å². The molecule has 1 radical (unpaired) electrons. The van der Waals surface area contributed by atoms with Crippen LogP contribution in [0.5, 0.6) is 5.75 Å². The highest BCUT2D eigenvalue weighted by atomic mass is 16.5. The quantitative estimate of drug-likeness (QED) is 0.518. The largest absolute Gasteiger partial charge is 0.492 e. The van der Waals surface area contributed by atoms with E-state index >= 15 is 0 Å². The van der Waals surface area contributed by atoms with E-state index in [1.807, 2.05) is 6.07 Å². The Bertz CT molecular complexity index is 522. The molecule has 0 aliphatic rings. The second kappa shape index (κ2) is 8.56. The van der Waals surface area contributed by atoms with Crippen LogP contribution in [0.3, 0.4) is 0 Å². The predicted molar refractivity (Wildman–Crippen MR) is 91.8 cm³/mol. The summed E-state index contributed by atoms with van der Waals surface area (Å²) in [6.45, 7) is 4.13. The fourth-order valence-electron chi connectivity index (χ4n) is 2.39. The summed E-state index contributed by atoms with van der Waals surface area (Å²) in [6.07, 6.45) is 4.93. The number of unbranched alkanes of at least 4 members (excludes halogenated alkanes) is 1. The highest BCUT2D eigenvalue weighted by Crippen LogP contribution is 2.11. The number of hydrogen-bond donors (Lipinski definition) is 0. The Morgan fingerprint density at radius 3 is 2.38 bits per heavy atom. The van der Waals surface area contributed by atoms with E-state index in [2.05, 4.69) is 69.7 Å². The van der Waals surface area contributed by atoms with Crippen LogP contribution in [-0.4, -0.2) is 13.4 Å². The van der Waals surface area contributed by atoms with Crippen molar-refractivity contribution in [3.8, 4) is 5.75 Å². The predicted octanol–water partition coefficient (Wildman–Crippen LogP) is 4.24. The summed E-state index contributed by atoms with van der Waals surface area (Å²) in [6, 6.07) is 19.0. The van der Waals surface area contributed by atoms with Gasteiger partial charge in [-0.2, -0.15) is 0 Å². The lowest BCUT2D eigenvalue weighted by Crippen LogP contribution is -2.20. The van der Waals surface area contributed by atoms with Gasteiger partial charge in [0.05, 0.1) is 6.10 Å². The van der Waals surface area contributed by atoms with Gasteiger partial charge in [-0.05, 0) is 43.8 Å². The number of para-hydroxylation sites is 1. The lowest BCUT2D eigenvalue weighted by atomic mass is 9.65. The van der Waals surface area contributed by atoms with Gasteiger partial charge in [-0.3, -0.25) is 0 Å². The molecule has 2 aromatic rings. The van der Waals surface area contributed by atoms with Gasteiger partial charge in [-0.25, -0.2) is 0 Å². The van der Waals surface area contributed by atoms with E-state index in [1.54, 1.807) is 0 Å². The van der Waals surface area contributed by atoms with Gasteiger partial charge in [0, 0.05) is 0 Å². The molecule has 1 nitrogen and oxygen atoms in total. The molecule has 0 aliphatic carbocycles. The zero-order valence-electron chi connectivity index (χ0n) is 13.1. The highest BCUT2D eigenvalue weighted by Gasteiger charge is 2.05. The molecule has 0 aromatic heterocycles. The summed E-state index contributed by atoms with van der Waals surface area (Å²) in [7, 11) is 2.29. The Kier molecular flexibility index (Phi) is 6.40. The van der Waals surface area contributed by atoms with Crippen LogP contribution in [0.2, 0.25) is 6.32 Å². The fraction of sp³-hybridized carbons (Fsp3) is 0.368. The minimum atomic E-state index is 0.220. The molecule has 0 heterocycles. The van der Waals surface area contributed by atoms with Crippen molar-refractivity contribution in [1.82, 2.24) is 0 Å². The first-order valence-corrected chi connectivity index (χ1v) is 7.88. The van der Waals surface area contributed by atoms with Crippen molar-refractivity contribution in [2.75, 3.05) is 0 Å². The minimum absolute atomic E-state index is 0.220. The molecule has 0 fully saturated rings. The summed E-state index contributed by atoms with van der Waals surface area (Å²) in [5.41, 5.74) is 2.65. The number of ether oxygens (including phenoxy) is 1. The Morgan fingerprint density at radius 2 is 1.62 bits per heavy atom. The minimum Gasteiger partial charge on any atom is -0.492 e. The SMILES string of the molecule is CC(C)Oc1ccccc1[B]CCCCc1ccccc1. The average Bonchev–Trinajstić information content (AvgIpc) is 2.49. The third kappa shape index (κ3) is 5.67. The van der Waals surface area contributed by atoms with E-state index in [9.17, 15) is 0 Å². The topological polar surface area (TPSA) is 9.23 Å². The van der Waals surface area contributed by atoms with E-state index in [4.69, 9.17) is 4.74 Å². The van der Waals surface area contributed by atoms with E-state index in [0.717, 1.165) is 12.1 Å². The van der Waals surface area contributed by atoms with Gasteiger partial charge in [0.1, 0.15) is 5.75 Å². The van der Waals surface area contributed by atoms with Crippen molar-refractivity contribution >= 4 is 12.7 Å². The van der Waals surface area contributed by atoms with E-state index in [1.165, 1.54) is 30.3 Å². The molecule has 0 saturated heterocycles. The molecule has 2 aromatic carbocycles. The first-order valence-electron chi connectivity index (χ1n) is 7.88. The van der Waals surface area contributed by atoms with Gasteiger partial charge in [-0.15, -0.1) is 0 Å². The standard InChI is InChI=1S/C19H24BO/c1-16(2)21-19-14-7-6-13-18(19)20-15-9-8-12-17-10-4-3-5-11-17/h3-7,10-11,13-14,16H,8-9,12,15H2,1-2H3. The molecule has 0 bridgehead atoms. The molecule has 109 valence electrons. The number of benzene rings is 2. The average molecular weight is 279 g/mol. The molecular weight excluding hydrogens is 255 g/mol. The van der Waals surface area contributed by atoms with Gasteiger partial charge in [0.25, 0.3) is 0 Å². The van der Waals surface area contributed by atoms with Crippen LogP contribution in [0.15, 0.2) is 54.6 Å². The van der Waals surface area contributed by atoms with E-state index < -0.39 is 0 Å². The van der Waals surface area contributed by atoms with Gasteiger partial charge in [0.2, 0.25) is 0 Å². The molecule has 2 rings (SSSR count). The van der Waals surface area contributed by atoms with E-state index in [-0.39, 0.29) is 6.10 Å². The first kappa shape index (κ1) is 15.7. The molecular formula is C19H24BO. The molecule has 2 heteroatoms. The van der Waals surface area contributed by atoms with Gasteiger partial charge in [0.15, 0.2) is 7.28 Å². The van der Waals surface area contributed by atoms with Crippen LogP contribution >= 0.6 is 0 Å². The van der Waals surface area contributed by atoms with Crippen LogP contribution in [-0.2, 0) is 6.42 Å². The zero-order valence-corrected chi connectivity index (χ0v) is 13.1. The Morgan fingerprint density at radius 1 is 0.905 bits per heavy atom. The summed E-state index contributed by atoms with van der Waals surface area (Å²) < 4.78 is 5.84. The highest BCUT2D eigenvalue weighted by molar-refractivity contribution is 6.54. The molecule has 21 heavy (non-hydrogen) atoms. The lowest BCUT2D eigenvalue weighted by Gasteiger charge is -2.13. The molecule has 0 spiro atoms. The Balaban J connectivity index is 1.73. The van der Waals surface area contributed by atoms with E-state index in [0.29, 0.717) is 0 Å². The maximum Gasteiger partial charge on any atom is 0.156 e. The second-order valence-corrected chi connectivity index (χ2v) is 5.64. The Hall–Kier alpha value is -1.70. The maximum atomic E-state index is 5.84. The van der Waals surface area contributed by atoms with Crippen molar-refractivity contribution in [1.29, 1.82) is 0 Å². The Labute approximate surface area is 129 Å². The summed E-state index contributed by atoms with van der Waals surface area (Å²) in [5.74, 6) is 0.996. The second-order valence-electron chi connectivity index (χ2n) is 5.64. The van der Waals surface area contributed by atoms with Crippen molar-refractivity contribution < 1.29 is 4.74 Å². The van der Waals surface area contributed by atoms with Crippen LogP contribution in [0.1, 0.15) is 32.3 Å². The van der Waals surface area contributed by atoms with Crippen LogP contribution < -0.4 is 10.2 Å². The van der Waals surface area contributed by atoms with Gasteiger partial charge >= 0.3 is 0 Å². The first-order chi connectivity index (χ1) is 10.3. The summed E-state index contributed by atoms with van der Waals surface area (Å²) >= 11 is 0.